The summed E-state index contributed by atoms with van der Waals surface area (Å²) in [4.78, 5) is 11.4. The van der Waals surface area contributed by atoms with Gasteiger partial charge in [-0.2, -0.15) is 0 Å². The van der Waals surface area contributed by atoms with E-state index in [9.17, 15) is 9.90 Å². The zero-order valence-corrected chi connectivity index (χ0v) is 15.2. The van der Waals surface area contributed by atoms with Gasteiger partial charge in [0.1, 0.15) is 36.4 Å². The molecule has 1 aromatic heterocycles. The lowest BCUT2D eigenvalue weighted by Crippen LogP contribution is -2.33. The topological polar surface area (TPSA) is 80.9 Å². The van der Waals surface area contributed by atoms with Crippen molar-refractivity contribution in [2.45, 2.75) is 13.0 Å². The van der Waals surface area contributed by atoms with Crippen LogP contribution in [0.2, 0.25) is 0 Å². The van der Waals surface area contributed by atoms with Crippen molar-refractivity contribution in [2.24, 2.45) is 0 Å². The van der Waals surface area contributed by atoms with Gasteiger partial charge in [0.25, 0.3) is 0 Å². The second kappa shape index (κ2) is 9.21. The lowest BCUT2D eigenvalue weighted by atomic mass is 10.2. The van der Waals surface area contributed by atoms with Crippen LogP contribution in [-0.4, -0.2) is 43.3 Å². The van der Waals surface area contributed by atoms with E-state index in [1.54, 1.807) is 18.2 Å². The van der Waals surface area contributed by atoms with Crippen molar-refractivity contribution >= 4 is 16.8 Å². The number of carbonyl (C=O) groups excluding carboxylic acids is 1. The molecule has 0 unspecified atom stereocenters. The molecular weight excluding hydrogens is 346 g/mol. The fourth-order valence-electron chi connectivity index (χ4n) is 2.56. The van der Waals surface area contributed by atoms with Crippen molar-refractivity contribution in [2.75, 3.05) is 26.3 Å². The van der Waals surface area contributed by atoms with Crippen LogP contribution in [0.3, 0.4) is 0 Å². The Labute approximate surface area is 157 Å². The number of nitrogens with one attached hydrogen (secondary N) is 1. The Kier molecular flexibility index (Phi) is 6.46. The Hall–Kier alpha value is -2.83. The molecule has 6 nitrogen and oxygen atoms in total. The first-order valence-electron chi connectivity index (χ1n) is 8.86. The van der Waals surface area contributed by atoms with Gasteiger partial charge < -0.3 is 24.3 Å². The van der Waals surface area contributed by atoms with Crippen molar-refractivity contribution in [1.82, 2.24) is 5.32 Å². The van der Waals surface area contributed by atoms with Crippen molar-refractivity contribution in [3.05, 3.63) is 60.4 Å². The van der Waals surface area contributed by atoms with Gasteiger partial charge in [0.2, 0.25) is 0 Å². The van der Waals surface area contributed by atoms with Crippen LogP contribution in [-0.2, 0) is 0 Å². The number of ketones is 1. The zero-order chi connectivity index (χ0) is 19.1. The van der Waals surface area contributed by atoms with Crippen molar-refractivity contribution in [3.63, 3.8) is 0 Å². The maximum atomic E-state index is 11.4. The van der Waals surface area contributed by atoms with Gasteiger partial charge in [0.15, 0.2) is 11.5 Å². The monoisotopic (exact) mass is 369 g/mol. The number of Topliss-reactive ketones (excluding diaryl/α,β-unsaturated/α-hetero) is 1. The number of benzene rings is 2. The number of aliphatic hydroxyl groups is 1. The van der Waals surface area contributed by atoms with E-state index in [1.165, 1.54) is 6.92 Å². The Bertz CT molecular complexity index is 875. The van der Waals surface area contributed by atoms with Gasteiger partial charge in [-0.3, -0.25) is 4.79 Å². The minimum atomic E-state index is -0.600. The van der Waals surface area contributed by atoms with Crippen LogP contribution in [0.25, 0.3) is 11.0 Å². The number of aliphatic hydroxyl groups excluding tert-OH is 1. The average Bonchev–Trinajstić information content (AvgIpc) is 3.11. The third-order valence-electron chi connectivity index (χ3n) is 3.95. The highest BCUT2D eigenvalue weighted by Gasteiger charge is 2.09. The standard InChI is InChI=1S/C21H23NO5/c1-15(23)21-12-16-11-19(7-8-20(16)27-21)25-10-9-22-13-17(24)14-26-18-5-3-2-4-6-18/h2-8,11-12,17,22,24H,9-10,13-14H2,1H3/t17-/m0/s1. The first-order valence-corrected chi connectivity index (χ1v) is 8.86. The number of carbonyl (C=O) groups is 1. The Morgan fingerprint density at radius 2 is 1.93 bits per heavy atom. The summed E-state index contributed by atoms with van der Waals surface area (Å²) >= 11 is 0. The normalized spacial score (nSPS) is 12.1. The molecule has 3 aromatic rings. The Balaban J connectivity index is 1.36. The highest BCUT2D eigenvalue weighted by atomic mass is 16.5. The molecule has 142 valence electrons. The predicted octanol–water partition coefficient (Wildman–Crippen LogP) is 3.04. The first-order chi connectivity index (χ1) is 13.1. The predicted molar refractivity (Wildman–Crippen MR) is 103 cm³/mol. The molecule has 0 bridgehead atoms. The van der Waals surface area contributed by atoms with Crippen LogP contribution in [0.15, 0.2) is 59.0 Å². The number of hydrogen-bond donors (Lipinski definition) is 2. The molecule has 0 amide bonds. The molecule has 0 saturated heterocycles. The highest BCUT2D eigenvalue weighted by molar-refractivity contribution is 5.96. The summed E-state index contributed by atoms with van der Waals surface area (Å²) in [5.74, 6) is 1.68. The number of fused-ring (bicyclic) bond motifs is 1. The van der Waals surface area contributed by atoms with E-state index in [-0.39, 0.29) is 12.4 Å². The van der Waals surface area contributed by atoms with Crippen LogP contribution >= 0.6 is 0 Å². The van der Waals surface area contributed by atoms with Gasteiger partial charge in [0, 0.05) is 25.4 Å². The Morgan fingerprint density at radius 3 is 2.70 bits per heavy atom. The SMILES string of the molecule is CC(=O)c1cc2cc(OCCNC[C@H](O)COc3ccccc3)ccc2o1. The number of hydrogen-bond acceptors (Lipinski definition) is 6. The maximum Gasteiger partial charge on any atom is 0.194 e. The summed E-state index contributed by atoms with van der Waals surface area (Å²) < 4.78 is 16.6. The fraction of sp³-hybridized carbons (Fsp3) is 0.286. The second-order valence-corrected chi connectivity index (χ2v) is 6.20. The number of para-hydroxylation sites is 1. The summed E-state index contributed by atoms with van der Waals surface area (Å²) in [5, 5.41) is 13.9. The van der Waals surface area contributed by atoms with Gasteiger partial charge in [-0.15, -0.1) is 0 Å². The Morgan fingerprint density at radius 1 is 1.11 bits per heavy atom. The molecule has 0 fully saturated rings. The van der Waals surface area contributed by atoms with E-state index in [0.717, 1.165) is 11.1 Å². The average molecular weight is 369 g/mol. The van der Waals surface area contributed by atoms with Crippen molar-refractivity contribution in [3.8, 4) is 11.5 Å². The van der Waals surface area contributed by atoms with Gasteiger partial charge in [-0.25, -0.2) is 0 Å². The van der Waals surface area contributed by atoms with E-state index in [2.05, 4.69) is 5.32 Å². The highest BCUT2D eigenvalue weighted by Crippen LogP contribution is 2.24. The summed E-state index contributed by atoms with van der Waals surface area (Å²) in [6, 6.07) is 16.5. The first kappa shape index (κ1) is 18.9. The molecule has 1 atom stereocenters. The lowest BCUT2D eigenvalue weighted by molar-refractivity contribution is 0.0989. The van der Waals surface area contributed by atoms with Gasteiger partial charge in [-0.05, 0) is 36.4 Å². The van der Waals surface area contributed by atoms with E-state index >= 15 is 0 Å². The van der Waals surface area contributed by atoms with E-state index in [0.29, 0.717) is 36.8 Å². The van der Waals surface area contributed by atoms with E-state index in [4.69, 9.17) is 13.9 Å². The van der Waals surface area contributed by atoms with Crippen LogP contribution in [0.1, 0.15) is 17.5 Å². The molecule has 0 aliphatic heterocycles. The van der Waals surface area contributed by atoms with Crippen molar-refractivity contribution in [1.29, 1.82) is 0 Å². The van der Waals surface area contributed by atoms with Crippen molar-refractivity contribution < 1.29 is 23.8 Å². The third kappa shape index (κ3) is 5.57. The number of furan rings is 1. The number of ether oxygens (including phenoxy) is 2. The van der Waals surface area contributed by atoms with Crippen LogP contribution < -0.4 is 14.8 Å². The third-order valence-corrected chi connectivity index (χ3v) is 3.95. The van der Waals surface area contributed by atoms with Gasteiger partial charge >= 0.3 is 0 Å². The quantitative estimate of drug-likeness (QED) is 0.422. The maximum absolute atomic E-state index is 11.4. The molecule has 0 aliphatic carbocycles. The zero-order valence-electron chi connectivity index (χ0n) is 15.2. The fourth-order valence-corrected chi connectivity index (χ4v) is 2.56. The largest absolute Gasteiger partial charge is 0.492 e. The molecule has 0 radical (unpaired) electrons. The summed E-state index contributed by atoms with van der Waals surface area (Å²) in [7, 11) is 0. The molecule has 0 spiro atoms. The second-order valence-electron chi connectivity index (χ2n) is 6.20. The van der Waals surface area contributed by atoms with Gasteiger partial charge in [0.05, 0.1) is 0 Å². The summed E-state index contributed by atoms with van der Waals surface area (Å²) in [5.41, 5.74) is 0.659. The molecule has 2 N–H and O–H groups in total. The van der Waals surface area contributed by atoms with E-state index < -0.39 is 6.10 Å². The van der Waals surface area contributed by atoms with Crippen LogP contribution in [0.4, 0.5) is 0 Å². The molecule has 1 heterocycles. The minimum Gasteiger partial charge on any atom is -0.492 e. The number of rotatable bonds is 10. The molecule has 27 heavy (non-hydrogen) atoms. The molecule has 0 aliphatic rings. The summed E-state index contributed by atoms with van der Waals surface area (Å²) in [6.45, 7) is 3.16. The van der Waals surface area contributed by atoms with Crippen LogP contribution in [0.5, 0.6) is 11.5 Å². The smallest absolute Gasteiger partial charge is 0.194 e. The molecule has 3 rings (SSSR count). The van der Waals surface area contributed by atoms with Gasteiger partial charge in [-0.1, -0.05) is 18.2 Å². The summed E-state index contributed by atoms with van der Waals surface area (Å²) in [6.07, 6.45) is -0.600. The molecular formula is C21H23NO5. The lowest BCUT2D eigenvalue weighted by Gasteiger charge is -2.13. The van der Waals surface area contributed by atoms with Crippen LogP contribution in [0, 0.1) is 0 Å². The molecule has 0 saturated carbocycles. The molecule has 6 heteroatoms. The van der Waals surface area contributed by atoms with E-state index in [1.807, 2.05) is 36.4 Å². The molecule has 2 aromatic carbocycles. The minimum absolute atomic E-state index is 0.104.